The quantitative estimate of drug-likeness (QED) is 0.375. The van der Waals surface area contributed by atoms with E-state index in [1.165, 1.54) is 25.0 Å². The van der Waals surface area contributed by atoms with Crippen molar-refractivity contribution in [3.05, 3.63) is 107 Å². The number of rotatable bonds is 8. The molecule has 1 aliphatic heterocycles. The molecule has 1 fully saturated rings. The molecule has 0 amide bonds. The molecule has 4 nitrogen and oxygen atoms in total. The highest BCUT2D eigenvalue weighted by Crippen LogP contribution is 2.40. The number of halogens is 2. The summed E-state index contributed by atoms with van der Waals surface area (Å²) >= 11 is 0. The Balaban J connectivity index is 1.34. The zero-order valence-corrected chi connectivity index (χ0v) is 20.3. The van der Waals surface area contributed by atoms with Gasteiger partial charge in [-0.05, 0) is 48.6 Å². The lowest BCUT2D eigenvalue weighted by molar-refractivity contribution is -0.00477. The Morgan fingerprint density at radius 3 is 2.58 bits per heavy atom. The molecule has 1 N–H and O–H groups in total. The lowest BCUT2D eigenvalue weighted by Gasteiger charge is -2.37. The van der Waals surface area contributed by atoms with Crippen molar-refractivity contribution >= 4 is 0 Å². The van der Waals surface area contributed by atoms with Crippen LogP contribution in [0, 0.1) is 11.6 Å². The Labute approximate surface area is 210 Å². The van der Waals surface area contributed by atoms with Crippen LogP contribution in [0.2, 0.25) is 0 Å². The molecule has 1 heterocycles. The van der Waals surface area contributed by atoms with E-state index in [4.69, 9.17) is 9.47 Å². The lowest BCUT2D eigenvalue weighted by atomic mass is 9.96. The fourth-order valence-electron chi connectivity index (χ4n) is 5.16. The molecule has 0 radical (unpaired) electrons. The summed E-state index contributed by atoms with van der Waals surface area (Å²) in [5, 5.41) is 10.5. The summed E-state index contributed by atoms with van der Waals surface area (Å²) in [4.78, 5) is 2.23. The minimum absolute atomic E-state index is 0.00951. The predicted molar refractivity (Wildman–Crippen MR) is 135 cm³/mol. The second-order valence-electron chi connectivity index (χ2n) is 9.57. The highest BCUT2D eigenvalue weighted by Gasteiger charge is 2.29. The van der Waals surface area contributed by atoms with Crippen molar-refractivity contribution < 1.29 is 23.4 Å². The van der Waals surface area contributed by atoms with Gasteiger partial charge in [-0.25, -0.2) is 8.78 Å². The molecule has 0 aromatic heterocycles. The molecular formula is C30H31F2NO3. The van der Waals surface area contributed by atoms with Gasteiger partial charge in [-0.2, -0.15) is 0 Å². The Bertz CT molecular complexity index is 1220. The normalized spacial score (nSPS) is 16.6. The number of hydrogen-bond acceptors (Lipinski definition) is 4. The van der Waals surface area contributed by atoms with E-state index in [0.29, 0.717) is 25.3 Å². The summed E-state index contributed by atoms with van der Waals surface area (Å²) in [6, 6.07) is 17.1. The molecular weight excluding hydrogens is 460 g/mol. The Morgan fingerprint density at radius 1 is 1.06 bits per heavy atom. The molecule has 3 aromatic rings. The summed E-state index contributed by atoms with van der Waals surface area (Å²) < 4.78 is 39.8. The van der Waals surface area contributed by atoms with Crippen molar-refractivity contribution in [3.8, 4) is 11.5 Å². The van der Waals surface area contributed by atoms with Crippen LogP contribution in [0.5, 0.6) is 11.5 Å². The first-order chi connectivity index (χ1) is 17.5. The molecule has 5 rings (SSSR count). The standard InChI is InChI=1S/C30H31F2NO3/c1-20(29(21-7-3-2-4-8-21)36-25-9-5-6-10-25)33-16-15-26-22(18-33)12-14-28(34)30(26)35-19-23-11-13-24(31)17-27(23)32/h2-4,7-8,11-14,17,25,29,34H,1,5-6,9-10,15-16,18-19H2/t29-/m1/s1. The van der Waals surface area contributed by atoms with Crippen LogP contribution in [0.25, 0.3) is 0 Å². The van der Waals surface area contributed by atoms with Crippen LogP contribution >= 0.6 is 0 Å². The average Bonchev–Trinajstić information content (AvgIpc) is 3.41. The van der Waals surface area contributed by atoms with Gasteiger partial charge >= 0.3 is 0 Å². The summed E-state index contributed by atoms with van der Waals surface area (Å²) in [5.41, 5.74) is 4.16. The molecule has 1 saturated carbocycles. The topological polar surface area (TPSA) is 41.9 Å². The van der Waals surface area contributed by atoms with Gasteiger partial charge < -0.3 is 19.5 Å². The van der Waals surface area contributed by atoms with Crippen molar-refractivity contribution in [3.63, 3.8) is 0 Å². The zero-order chi connectivity index (χ0) is 25.1. The van der Waals surface area contributed by atoms with Crippen molar-refractivity contribution in [2.75, 3.05) is 6.54 Å². The number of benzene rings is 3. The third-order valence-corrected chi connectivity index (χ3v) is 7.16. The largest absolute Gasteiger partial charge is 0.504 e. The number of ether oxygens (including phenoxy) is 2. The molecule has 2 aliphatic rings. The van der Waals surface area contributed by atoms with Gasteiger partial charge in [0.15, 0.2) is 11.5 Å². The van der Waals surface area contributed by atoms with Crippen molar-refractivity contribution in [1.29, 1.82) is 0 Å². The molecule has 0 saturated heterocycles. The van der Waals surface area contributed by atoms with Crippen LogP contribution in [0.1, 0.15) is 54.0 Å². The molecule has 6 heteroatoms. The Kier molecular flexibility index (Phi) is 7.23. The highest BCUT2D eigenvalue weighted by molar-refractivity contribution is 5.51. The number of phenolic OH excluding ortho intramolecular Hbond substituents is 1. The van der Waals surface area contributed by atoms with E-state index in [-0.39, 0.29) is 30.1 Å². The number of nitrogens with zero attached hydrogens (tertiary/aromatic N) is 1. The van der Waals surface area contributed by atoms with Gasteiger partial charge in [0, 0.05) is 36.0 Å². The summed E-state index contributed by atoms with van der Waals surface area (Å²) in [6.45, 7) is 5.64. The van der Waals surface area contributed by atoms with Crippen LogP contribution in [-0.4, -0.2) is 22.7 Å². The predicted octanol–water partition coefficient (Wildman–Crippen LogP) is 6.82. The van der Waals surface area contributed by atoms with Gasteiger partial charge in [-0.15, -0.1) is 0 Å². The first-order valence-electron chi connectivity index (χ1n) is 12.5. The number of fused-ring (bicyclic) bond motifs is 1. The van der Waals surface area contributed by atoms with E-state index in [1.54, 1.807) is 6.07 Å². The number of phenols is 1. The van der Waals surface area contributed by atoms with E-state index in [0.717, 1.165) is 41.3 Å². The van der Waals surface area contributed by atoms with Crippen LogP contribution in [-0.2, 0) is 24.3 Å². The smallest absolute Gasteiger partial charge is 0.165 e. The fourth-order valence-corrected chi connectivity index (χ4v) is 5.16. The summed E-state index contributed by atoms with van der Waals surface area (Å²) in [6.07, 6.45) is 5.21. The minimum Gasteiger partial charge on any atom is -0.504 e. The molecule has 0 spiro atoms. The minimum atomic E-state index is -0.670. The van der Waals surface area contributed by atoms with Crippen molar-refractivity contribution in [2.45, 2.75) is 57.5 Å². The first-order valence-corrected chi connectivity index (χ1v) is 12.5. The van der Waals surface area contributed by atoms with Crippen molar-refractivity contribution in [2.24, 2.45) is 0 Å². The van der Waals surface area contributed by atoms with E-state index in [1.807, 2.05) is 24.3 Å². The monoisotopic (exact) mass is 491 g/mol. The lowest BCUT2D eigenvalue weighted by Crippen LogP contribution is -2.33. The van der Waals surface area contributed by atoms with Gasteiger partial charge in [0.1, 0.15) is 24.3 Å². The third kappa shape index (κ3) is 5.24. The maximum atomic E-state index is 14.1. The van der Waals surface area contributed by atoms with E-state index in [2.05, 4.69) is 23.6 Å². The Hall–Kier alpha value is -3.38. The number of hydrogen-bond donors (Lipinski definition) is 1. The first kappa shape index (κ1) is 24.3. The van der Waals surface area contributed by atoms with Crippen LogP contribution in [0.3, 0.4) is 0 Å². The SMILES string of the molecule is C=C([C@@H](OC1CCCC1)c1ccccc1)N1CCc2c(ccc(O)c2OCc2ccc(F)cc2F)C1. The second-order valence-corrected chi connectivity index (χ2v) is 9.57. The van der Waals surface area contributed by atoms with Gasteiger partial charge in [0.05, 0.1) is 6.10 Å². The molecule has 1 aliphatic carbocycles. The maximum Gasteiger partial charge on any atom is 0.165 e. The van der Waals surface area contributed by atoms with Gasteiger partial charge in [-0.1, -0.05) is 55.8 Å². The zero-order valence-electron chi connectivity index (χ0n) is 20.3. The van der Waals surface area contributed by atoms with Crippen LogP contribution in [0.15, 0.2) is 72.9 Å². The number of aromatic hydroxyl groups is 1. The van der Waals surface area contributed by atoms with Gasteiger partial charge in [-0.3, -0.25) is 0 Å². The maximum absolute atomic E-state index is 14.1. The average molecular weight is 492 g/mol. The van der Waals surface area contributed by atoms with Gasteiger partial charge in [0.25, 0.3) is 0 Å². The fraction of sp³-hybridized carbons (Fsp3) is 0.333. The molecule has 3 aromatic carbocycles. The van der Waals surface area contributed by atoms with Gasteiger partial charge in [0.2, 0.25) is 0 Å². The third-order valence-electron chi connectivity index (χ3n) is 7.16. The molecule has 1 atom stereocenters. The molecule has 36 heavy (non-hydrogen) atoms. The summed E-state index contributed by atoms with van der Waals surface area (Å²) in [5.74, 6) is -0.947. The van der Waals surface area contributed by atoms with E-state index < -0.39 is 11.6 Å². The van der Waals surface area contributed by atoms with Crippen molar-refractivity contribution in [1.82, 2.24) is 4.90 Å². The van der Waals surface area contributed by atoms with Crippen LogP contribution in [0.4, 0.5) is 8.78 Å². The molecule has 0 unspecified atom stereocenters. The molecule has 188 valence electrons. The summed E-state index contributed by atoms with van der Waals surface area (Å²) in [7, 11) is 0. The second kappa shape index (κ2) is 10.7. The van der Waals surface area contributed by atoms with E-state index in [9.17, 15) is 13.9 Å². The Morgan fingerprint density at radius 2 is 1.83 bits per heavy atom. The highest BCUT2D eigenvalue weighted by atomic mass is 19.1. The van der Waals surface area contributed by atoms with E-state index >= 15 is 0 Å². The van der Waals surface area contributed by atoms with Crippen LogP contribution < -0.4 is 4.74 Å². The molecule has 0 bridgehead atoms.